The van der Waals surface area contributed by atoms with Crippen LogP contribution in [-0.2, 0) is 14.2 Å². The summed E-state index contributed by atoms with van der Waals surface area (Å²) < 4.78 is 17.3. The first-order valence-corrected chi connectivity index (χ1v) is 6.99. The van der Waals surface area contributed by atoms with Gasteiger partial charge in [-0.1, -0.05) is 0 Å². The second kappa shape index (κ2) is 7.65. The average molecular weight is 314 g/mol. The number of rotatable bonds is 7. The van der Waals surface area contributed by atoms with E-state index in [-0.39, 0.29) is 5.82 Å². The summed E-state index contributed by atoms with van der Waals surface area (Å²) in [7, 11) is 3.07. The Bertz CT molecular complexity index is 537. The minimum absolute atomic E-state index is 0.131. The van der Waals surface area contributed by atoms with Crippen LogP contribution in [0.5, 0.6) is 0 Å². The number of nitrogen functional groups attached to an aromatic ring is 1. The SMILES string of the molecule is COCCNC[C@H]1O[C@@H](n2ccc(N)nc2=O)[C@H](OC)[C@@H]1O. The zero-order valence-electron chi connectivity index (χ0n) is 12.6. The van der Waals surface area contributed by atoms with Gasteiger partial charge in [0.05, 0.1) is 6.61 Å². The van der Waals surface area contributed by atoms with Crippen molar-refractivity contribution >= 4 is 5.82 Å². The van der Waals surface area contributed by atoms with E-state index in [9.17, 15) is 9.90 Å². The fourth-order valence-electron chi connectivity index (χ4n) is 2.40. The maximum absolute atomic E-state index is 11.9. The van der Waals surface area contributed by atoms with Gasteiger partial charge in [0.15, 0.2) is 6.23 Å². The van der Waals surface area contributed by atoms with Gasteiger partial charge in [0.2, 0.25) is 0 Å². The number of aromatic nitrogens is 2. The van der Waals surface area contributed by atoms with Crippen molar-refractivity contribution in [2.45, 2.75) is 24.5 Å². The molecular formula is C13H22N4O5. The van der Waals surface area contributed by atoms with Crippen molar-refractivity contribution in [1.82, 2.24) is 14.9 Å². The van der Waals surface area contributed by atoms with Crippen molar-refractivity contribution in [2.75, 3.05) is 39.6 Å². The number of ether oxygens (including phenoxy) is 3. The van der Waals surface area contributed by atoms with Crippen molar-refractivity contribution in [1.29, 1.82) is 0 Å². The number of nitrogens with one attached hydrogen (secondary N) is 1. The lowest BCUT2D eigenvalue weighted by Gasteiger charge is -2.20. The monoisotopic (exact) mass is 314 g/mol. The summed E-state index contributed by atoms with van der Waals surface area (Å²) in [6, 6.07) is 1.49. The zero-order chi connectivity index (χ0) is 16.1. The standard InChI is InChI=1S/C13H22N4O5/c1-20-6-4-15-7-8-10(18)11(21-2)12(22-8)17-5-3-9(14)16-13(17)19/h3,5,8,10-12,15,18H,4,6-7H2,1-2H3,(H2,14,16,19)/t8-,10-,11-,12-/m1/s1. The highest BCUT2D eigenvalue weighted by molar-refractivity contribution is 5.23. The van der Waals surface area contributed by atoms with Crippen LogP contribution in [0.15, 0.2) is 17.1 Å². The molecule has 1 aliphatic heterocycles. The average Bonchev–Trinajstić information content (AvgIpc) is 2.80. The third-order valence-corrected chi connectivity index (χ3v) is 3.54. The molecule has 22 heavy (non-hydrogen) atoms. The Balaban J connectivity index is 2.09. The molecule has 1 aliphatic rings. The number of aliphatic hydroxyl groups excluding tert-OH is 1. The largest absolute Gasteiger partial charge is 0.387 e. The summed E-state index contributed by atoms with van der Waals surface area (Å²) in [6.45, 7) is 1.61. The molecule has 0 radical (unpaired) electrons. The first kappa shape index (κ1) is 16.8. The minimum atomic E-state index is -0.866. The molecule has 0 saturated carbocycles. The second-order valence-corrected chi connectivity index (χ2v) is 5.00. The Morgan fingerprint density at radius 3 is 2.95 bits per heavy atom. The fourth-order valence-corrected chi connectivity index (χ4v) is 2.40. The van der Waals surface area contributed by atoms with Crippen molar-refractivity contribution < 1.29 is 19.3 Å². The van der Waals surface area contributed by atoms with E-state index in [1.54, 1.807) is 7.11 Å². The van der Waals surface area contributed by atoms with Gasteiger partial charge < -0.3 is 30.4 Å². The summed E-state index contributed by atoms with van der Waals surface area (Å²) in [6.07, 6.45) is -1.31. The summed E-state index contributed by atoms with van der Waals surface area (Å²) in [5.74, 6) is 0.131. The number of methoxy groups -OCH3 is 2. The normalized spacial score (nSPS) is 28.1. The molecule has 1 fully saturated rings. The maximum Gasteiger partial charge on any atom is 0.351 e. The van der Waals surface area contributed by atoms with Gasteiger partial charge in [-0.25, -0.2) is 4.79 Å². The van der Waals surface area contributed by atoms with Gasteiger partial charge in [-0.3, -0.25) is 4.57 Å². The first-order chi connectivity index (χ1) is 10.6. The van der Waals surface area contributed by atoms with E-state index in [2.05, 4.69) is 10.3 Å². The van der Waals surface area contributed by atoms with E-state index in [1.165, 1.54) is 23.9 Å². The molecule has 0 aliphatic carbocycles. The van der Waals surface area contributed by atoms with E-state index >= 15 is 0 Å². The van der Waals surface area contributed by atoms with Crippen LogP contribution in [0, 0.1) is 0 Å². The molecule has 2 heterocycles. The molecule has 0 unspecified atom stereocenters. The van der Waals surface area contributed by atoms with Crippen LogP contribution < -0.4 is 16.7 Å². The van der Waals surface area contributed by atoms with Gasteiger partial charge >= 0.3 is 5.69 Å². The molecule has 0 amide bonds. The molecule has 124 valence electrons. The molecule has 1 saturated heterocycles. The Labute approximate surface area is 128 Å². The molecule has 4 N–H and O–H groups in total. The van der Waals surface area contributed by atoms with Crippen LogP contribution in [0.4, 0.5) is 5.82 Å². The van der Waals surface area contributed by atoms with Crippen LogP contribution in [0.1, 0.15) is 6.23 Å². The van der Waals surface area contributed by atoms with Crippen LogP contribution in [0.3, 0.4) is 0 Å². The molecule has 2 rings (SSSR count). The summed E-state index contributed by atoms with van der Waals surface area (Å²) in [5.41, 5.74) is 4.93. The van der Waals surface area contributed by atoms with E-state index < -0.39 is 30.2 Å². The number of nitrogens with two attached hydrogens (primary N) is 1. The lowest BCUT2D eigenvalue weighted by Crippen LogP contribution is -2.39. The molecule has 4 atom stereocenters. The minimum Gasteiger partial charge on any atom is -0.387 e. The lowest BCUT2D eigenvalue weighted by atomic mass is 10.1. The number of anilines is 1. The zero-order valence-corrected chi connectivity index (χ0v) is 12.6. The van der Waals surface area contributed by atoms with Crippen LogP contribution >= 0.6 is 0 Å². The van der Waals surface area contributed by atoms with Gasteiger partial charge in [0, 0.05) is 33.5 Å². The molecule has 0 spiro atoms. The topological polar surface area (TPSA) is 121 Å². The number of aliphatic hydroxyl groups is 1. The third-order valence-electron chi connectivity index (χ3n) is 3.54. The highest BCUT2D eigenvalue weighted by Gasteiger charge is 2.45. The summed E-state index contributed by atoms with van der Waals surface area (Å²) in [4.78, 5) is 15.6. The fraction of sp³-hybridized carbons (Fsp3) is 0.692. The van der Waals surface area contributed by atoms with E-state index in [0.29, 0.717) is 19.7 Å². The Morgan fingerprint density at radius 1 is 1.55 bits per heavy atom. The number of hydrogen-bond acceptors (Lipinski definition) is 8. The highest BCUT2D eigenvalue weighted by Crippen LogP contribution is 2.30. The van der Waals surface area contributed by atoms with E-state index in [4.69, 9.17) is 19.9 Å². The molecule has 9 heteroatoms. The maximum atomic E-state index is 11.9. The molecule has 1 aromatic rings. The predicted octanol–water partition coefficient (Wildman–Crippen LogP) is -1.67. The van der Waals surface area contributed by atoms with Crippen LogP contribution in [0.25, 0.3) is 0 Å². The molecular weight excluding hydrogens is 292 g/mol. The summed E-state index contributed by atoms with van der Waals surface area (Å²) >= 11 is 0. The molecule has 9 nitrogen and oxygen atoms in total. The Kier molecular flexibility index (Phi) is 5.86. The van der Waals surface area contributed by atoms with Gasteiger partial charge in [-0.2, -0.15) is 4.98 Å². The lowest BCUT2D eigenvalue weighted by molar-refractivity contribution is -0.0535. The summed E-state index contributed by atoms with van der Waals surface area (Å²) in [5, 5.41) is 13.4. The molecule has 1 aromatic heterocycles. The Hall–Kier alpha value is -1.52. The number of nitrogens with zero attached hydrogens (tertiary/aromatic N) is 2. The first-order valence-electron chi connectivity index (χ1n) is 6.99. The van der Waals surface area contributed by atoms with Crippen molar-refractivity contribution in [3.05, 3.63) is 22.7 Å². The predicted molar refractivity (Wildman–Crippen MR) is 78.4 cm³/mol. The van der Waals surface area contributed by atoms with Gasteiger partial charge in [0.25, 0.3) is 0 Å². The second-order valence-electron chi connectivity index (χ2n) is 5.00. The van der Waals surface area contributed by atoms with Gasteiger partial charge in [0.1, 0.15) is 24.1 Å². The van der Waals surface area contributed by atoms with E-state index in [0.717, 1.165) is 0 Å². The van der Waals surface area contributed by atoms with Crippen LogP contribution in [0.2, 0.25) is 0 Å². The third kappa shape index (κ3) is 3.62. The van der Waals surface area contributed by atoms with E-state index in [1.807, 2.05) is 0 Å². The quantitative estimate of drug-likeness (QED) is 0.511. The Morgan fingerprint density at radius 2 is 2.32 bits per heavy atom. The van der Waals surface area contributed by atoms with Crippen molar-refractivity contribution in [2.24, 2.45) is 0 Å². The van der Waals surface area contributed by atoms with Gasteiger partial charge in [-0.05, 0) is 6.07 Å². The van der Waals surface area contributed by atoms with Crippen LogP contribution in [-0.4, -0.2) is 66.9 Å². The highest BCUT2D eigenvalue weighted by atomic mass is 16.6. The number of hydrogen-bond donors (Lipinski definition) is 3. The smallest absolute Gasteiger partial charge is 0.351 e. The molecule has 0 aromatic carbocycles. The van der Waals surface area contributed by atoms with Crippen molar-refractivity contribution in [3.63, 3.8) is 0 Å². The molecule has 0 bridgehead atoms. The van der Waals surface area contributed by atoms with Gasteiger partial charge in [-0.15, -0.1) is 0 Å². The van der Waals surface area contributed by atoms with Crippen molar-refractivity contribution in [3.8, 4) is 0 Å².